The summed E-state index contributed by atoms with van der Waals surface area (Å²) in [4.78, 5) is 8.26. The number of nitrogens with two attached hydrogens (primary N) is 1. The van der Waals surface area contributed by atoms with Crippen molar-refractivity contribution < 1.29 is 22.1 Å². The van der Waals surface area contributed by atoms with E-state index in [0.29, 0.717) is 0 Å². The van der Waals surface area contributed by atoms with E-state index in [1.165, 1.54) is 12.1 Å². The van der Waals surface area contributed by atoms with Crippen LogP contribution in [0.1, 0.15) is 5.56 Å². The first-order valence-electron chi connectivity index (χ1n) is 4.39. The van der Waals surface area contributed by atoms with Crippen molar-refractivity contribution in [3.8, 4) is 0 Å². The van der Waals surface area contributed by atoms with Crippen LogP contribution in [0.4, 0.5) is 0 Å². The van der Waals surface area contributed by atoms with Crippen LogP contribution in [0, 0.1) is 0 Å². The first-order chi connectivity index (χ1) is 7.88. The second-order valence-corrected chi connectivity index (χ2v) is 5.91. The molecule has 1 aromatic rings. The molecule has 1 aromatic carbocycles. The molecule has 0 aliphatic heterocycles. The van der Waals surface area contributed by atoms with Crippen LogP contribution < -0.4 is 5.73 Å². The molecule has 94 valence electrons. The molecule has 0 aromatic heterocycles. The molecule has 1 rings (SSSR count). The smallest absolute Gasteiger partial charge is 0.326 e. The molecule has 17 heavy (non-hydrogen) atoms. The van der Waals surface area contributed by atoms with Crippen molar-refractivity contribution in [2.45, 2.75) is 11.4 Å². The van der Waals surface area contributed by atoms with Gasteiger partial charge in [0.1, 0.15) is 4.90 Å². The van der Waals surface area contributed by atoms with Gasteiger partial charge in [-0.2, -0.15) is 13.3 Å². The molecule has 1 atom stereocenters. The molecule has 0 saturated heterocycles. The second-order valence-electron chi connectivity index (χ2n) is 2.99. The number of hydrogen-bond donors (Lipinski definition) is 2. The number of hydrogen-bond acceptors (Lipinski definition) is 5. The maximum absolute atomic E-state index is 11.7. The zero-order valence-corrected chi connectivity index (χ0v) is 11.0. The van der Waals surface area contributed by atoms with Gasteiger partial charge < -0.3 is 5.73 Å². The van der Waals surface area contributed by atoms with Crippen LogP contribution >= 0.6 is 19.6 Å². The van der Waals surface area contributed by atoms with Crippen LogP contribution in [0.2, 0.25) is 5.02 Å². The average molecular weight is 299 g/mol. The lowest BCUT2D eigenvalue weighted by atomic mass is 10.2. The second kappa shape index (κ2) is 5.86. The Balaban J connectivity index is 3.18. The van der Waals surface area contributed by atoms with Gasteiger partial charge in [-0.3, -0.25) is 0 Å². The highest BCUT2D eigenvalue weighted by Gasteiger charge is 2.26. The van der Waals surface area contributed by atoms with Crippen LogP contribution in [0.15, 0.2) is 23.1 Å². The SMILES string of the molecule is NCc1cccc(Cl)c1S(=O)(=O)OC[P+](=O)O. The third-order valence-electron chi connectivity index (χ3n) is 1.84. The van der Waals surface area contributed by atoms with Gasteiger partial charge in [-0.1, -0.05) is 23.7 Å². The van der Waals surface area contributed by atoms with E-state index < -0.39 is 24.5 Å². The van der Waals surface area contributed by atoms with Gasteiger partial charge in [-0.15, -0.1) is 0 Å². The van der Waals surface area contributed by atoms with E-state index in [1.54, 1.807) is 6.07 Å². The lowest BCUT2D eigenvalue weighted by molar-refractivity contribution is 0.355. The zero-order valence-electron chi connectivity index (χ0n) is 8.54. The van der Waals surface area contributed by atoms with E-state index >= 15 is 0 Å². The number of halogens is 1. The van der Waals surface area contributed by atoms with Crippen molar-refractivity contribution in [1.82, 2.24) is 0 Å². The molecule has 0 amide bonds. The van der Waals surface area contributed by atoms with Crippen molar-refractivity contribution >= 4 is 29.7 Å². The van der Waals surface area contributed by atoms with Crippen LogP contribution in [-0.2, 0) is 25.4 Å². The highest BCUT2D eigenvalue weighted by molar-refractivity contribution is 7.87. The third kappa shape index (κ3) is 3.70. The molecule has 1 unspecified atom stereocenters. The van der Waals surface area contributed by atoms with E-state index in [1.807, 2.05) is 0 Å². The van der Waals surface area contributed by atoms with E-state index in [9.17, 15) is 13.0 Å². The molecule has 0 fully saturated rings. The summed E-state index contributed by atoms with van der Waals surface area (Å²) in [6, 6.07) is 4.41. The normalized spacial score (nSPS) is 12.5. The Morgan fingerprint density at radius 1 is 1.47 bits per heavy atom. The molecule has 0 aliphatic rings. The van der Waals surface area contributed by atoms with Crippen molar-refractivity contribution in [3.05, 3.63) is 28.8 Å². The molecule has 9 heteroatoms. The Labute approximate surface area is 104 Å². The molecule has 0 saturated carbocycles. The highest BCUT2D eigenvalue weighted by atomic mass is 35.5. The van der Waals surface area contributed by atoms with Crippen molar-refractivity contribution in [2.75, 3.05) is 6.35 Å². The lowest BCUT2D eigenvalue weighted by Gasteiger charge is -2.08. The fourth-order valence-electron chi connectivity index (χ4n) is 1.17. The summed E-state index contributed by atoms with van der Waals surface area (Å²) in [5, 5.41) is -0.0406. The molecule has 6 nitrogen and oxygen atoms in total. The van der Waals surface area contributed by atoms with E-state index in [-0.39, 0.29) is 22.0 Å². The van der Waals surface area contributed by atoms with Crippen LogP contribution in [0.3, 0.4) is 0 Å². The monoisotopic (exact) mass is 298 g/mol. The molecular formula is C8H10ClNO5PS+. The van der Waals surface area contributed by atoms with Crippen LogP contribution in [-0.4, -0.2) is 19.7 Å². The van der Waals surface area contributed by atoms with Gasteiger partial charge >= 0.3 is 18.1 Å². The Morgan fingerprint density at radius 3 is 2.65 bits per heavy atom. The topological polar surface area (TPSA) is 107 Å². The summed E-state index contributed by atoms with van der Waals surface area (Å²) >= 11 is 5.76. The average Bonchev–Trinajstić information content (AvgIpc) is 2.25. The van der Waals surface area contributed by atoms with Crippen molar-refractivity contribution in [1.29, 1.82) is 0 Å². The largest absolute Gasteiger partial charge is 0.535 e. The predicted octanol–water partition coefficient (Wildman–Crippen LogP) is 1.20. The molecule has 0 heterocycles. The summed E-state index contributed by atoms with van der Waals surface area (Å²) in [6.07, 6.45) is -0.813. The Kier molecular flexibility index (Phi) is 5.00. The molecule has 3 N–H and O–H groups in total. The fraction of sp³-hybridized carbons (Fsp3) is 0.250. The first-order valence-corrected chi connectivity index (χ1v) is 7.57. The summed E-state index contributed by atoms with van der Waals surface area (Å²) in [6.45, 7) is -0.0380. The maximum Gasteiger partial charge on any atom is 0.535 e. The molecule has 0 radical (unpaired) electrons. The number of rotatable bonds is 5. The quantitative estimate of drug-likeness (QED) is 0.625. The summed E-state index contributed by atoms with van der Waals surface area (Å²) in [7, 11) is -6.89. The Morgan fingerprint density at radius 2 is 2.12 bits per heavy atom. The lowest BCUT2D eigenvalue weighted by Crippen LogP contribution is -2.11. The molecule has 0 aliphatic carbocycles. The maximum atomic E-state index is 11.7. The molecule has 0 bridgehead atoms. The Bertz CT molecular complexity index is 533. The summed E-state index contributed by atoms with van der Waals surface area (Å²) in [5.74, 6) is 0. The van der Waals surface area contributed by atoms with Gasteiger partial charge in [0.2, 0.25) is 0 Å². The minimum absolute atomic E-state index is 0.0380. The third-order valence-corrected chi connectivity index (χ3v) is 4.20. The van der Waals surface area contributed by atoms with Crippen molar-refractivity contribution in [3.63, 3.8) is 0 Å². The summed E-state index contributed by atoms with van der Waals surface area (Å²) in [5.41, 5.74) is 5.67. The zero-order chi connectivity index (χ0) is 13.1. The van der Waals surface area contributed by atoms with E-state index in [4.69, 9.17) is 22.2 Å². The van der Waals surface area contributed by atoms with Crippen LogP contribution in [0.25, 0.3) is 0 Å². The molecule has 0 spiro atoms. The van der Waals surface area contributed by atoms with Crippen LogP contribution in [0.5, 0.6) is 0 Å². The standard InChI is InChI=1S/C8H9ClNO5PS/c9-7-3-1-2-6(4-10)8(7)17(13,14)15-5-16(11)12/h1-3H,4-5,10H2/p+1. The van der Waals surface area contributed by atoms with Gasteiger partial charge in [0.25, 0.3) is 6.35 Å². The van der Waals surface area contributed by atoms with Gasteiger partial charge in [0.15, 0.2) is 0 Å². The van der Waals surface area contributed by atoms with Gasteiger partial charge in [0.05, 0.1) is 5.02 Å². The highest BCUT2D eigenvalue weighted by Crippen LogP contribution is 2.28. The number of benzene rings is 1. The van der Waals surface area contributed by atoms with E-state index in [0.717, 1.165) is 0 Å². The fourth-order valence-corrected chi connectivity index (χ4v) is 3.46. The minimum Gasteiger partial charge on any atom is -0.326 e. The van der Waals surface area contributed by atoms with Gasteiger partial charge in [0, 0.05) is 6.54 Å². The predicted molar refractivity (Wildman–Crippen MR) is 62.3 cm³/mol. The van der Waals surface area contributed by atoms with Crippen molar-refractivity contribution in [2.24, 2.45) is 5.73 Å². The van der Waals surface area contributed by atoms with Gasteiger partial charge in [-0.25, -0.2) is 4.18 Å². The Hall–Kier alpha value is -0.560. The summed E-state index contributed by atoms with van der Waals surface area (Å²) < 4.78 is 38.3. The van der Waals surface area contributed by atoms with Gasteiger partial charge in [-0.05, 0) is 16.2 Å². The molecular weight excluding hydrogens is 289 g/mol. The first kappa shape index (κ1) is 14.5. The van der Waals surface area contributed by atoms with E-state index in [2.05, 4.69) is 4.18 Å². The minimum atomic E-state index is -4.18.